The first-order chi connectivity index (χ1) is 12.4. The van der Waals surface area contributed by atoms with Crippen LogP contribution in [0.15, 0.2) is 28.8 Å². The van der Waals surface area contributed by atoms with Gasteiger partial charge in [-0.15, -0.1) is 0 Å². The molecule has 2 aliphatic heterocycles. The second kappa shape index (κ2) is 6.82. The number of fused-ring (bicyclic) bond motifs is 1. The van der Waals surface area contributed by atoms with Crippen molar-refractivity contribution in [2.75, 3.05) is 18.0 Å². The van der Waals surface area contributed by atoms with Gasteiger partial charge >= 0.3 is 11.8 Å². The number of nitrogens with one attached hydrogen (secondary N) is 1. The number of pyridine rings is 1. The number of nitrogens with zero attached hydrogens (tertiary/aromatic N) is 4. The van der Waals surface area contributed by atoms with Gasteiger partial charge in [0, 0.05) is 25.3 Å². The molecule has 0 bridgehead atoms. The summed E-state index contributed by atoms with van der Waals surface area (Å²) in [6.45, 7) is 4.45. The van der Waals surface area contributed by atoms with Gasteiger partial charge in [-0.3, -0.25) is 19.2 Å². The smallest absolute Gasteiger partial charge is 0.338 e. The highest BCUT2D eigenvalue weighted by Gasteiger charge is 2.27. The molecule has 10 nitrogen and oxygen atoms in total. The van der Waals surface area contributed by atoms with E-state index in [4.69, 9.17) is 5.73 Å². The monoisotopic (exact) mass is 356 g/mol. The molecule has 1 aromatic rings. The lowest BCUT2D eigenvalue weighted by Gasteiger charge is -2.33. The lowest BCUT2D eigenvalue weighted by Crippen LogP contribution is -2.51. The molecule has 1 atom stereocenters. The maximum Gasteiger partial charge on any atom is 0.338 e. The van der Waals surface area contributed by atoms with Crippen molar-refractivity contribution in [2.45, 2.75) is 18.9 Å². The fraction of sp³-hybridized carbons (Fsp3) is 0.312. The third kappa shape index (κ3) is 3.21. The molecule has 3 rings (SSSR count). The summed E-state index contributed by atoms with van der Waals surface area (Å²) in [4.78, 5) is 59.8. The Labute approximate surface area is 147 Å². The first kappa shape index (κ1) is 17.4. The number of carbonyl (C=O) groups is 4. The minimum Gasteiger partial charge on any atom is -0.365 e. The molecule has 4 amide bonds. The number of hydrogen-bond acceptors (Lipinski definition) is 6. The van der Waals surface area contributed by atoms with Crippen LogP contribution >= 0.6 is 0 Å². The first-order valence-corrected chi connectivity index (χ1v) is 7.93. The number of primary amides is 1. The van der Waals surface area contributed by atoms with Crippen LogP contribution in [0.4, 0.5) is 5.82 Å². The summed E-state index contributed by atoms with van der Waals surface area (Å²) >= 11 is 0. The van der Waals surface area contributed by atoms with Gasteiger partial charge in [-0.05, 0) is 18.9 Å². The van der Waals surface area contributed by atoms with Crippen molar-refractivity contribution in [2.24, 2.45) is 15.7 Å². The van der Waals surface area contributed by atoms with Crippen molar-refractivity contribution in [3.05, 3.63) is 35.1 Å². The molecule has 3 N–H and O–H groups in total. The molecule has 1 aromatic heterocycles. The zero-order valence-electron chi connectivity index (χ0n) is 13.8. The maximum absolute atomic E-state index is 11.7. The Hall–Kier alpha value is -3.43. The van der Waals surface area contributed by atoms with Gasteiger partial charge in [0.05, 0.1) is 5.56 Å². The van der Waals surface area contributed by atoms with Crippen molar-refractivity contribution < 1.29 is 19.2 Å². The van der Waals surface area contributed by atoms with E-state index in [1.165, 1.54) is 12.3 Å². The quantitative estimate of drug-likeness (QED) is 0.460. The van der Waals surface area contributed by atoms with Crippen molar-refractivity contribution in [3.63, 3.8) is 0 Å². The summed E-state index contributed by atoms with van der Waals surface area (Å²) in [7, 11) is 0. The van der Waals surface area contributed by atoms with E-state index in [0.717, 1.165) is 12.8 Å². The van der Waals surface area contributed by atoms with Crippen LogP contribution in [0.5, 0.6) is 0 Å². The number of amides is 4. The van der Waals surface area contributed by atoms with E-state index in [2.05, 4.69) is 26.9 Å². The summed E-state index contributed by atoms with van der Waals surface area (Å²) in [5.41, 5.74) is 5.21. The minimum absolute atomic E-state index is 0.0431. The molecular formula is C16H16N6O4. The average molecular weight is 356 g/mol. The number of nitrogens with two attached hydrogens (primary N) is 1. The van der Waals surface area contributed by atoms with E-state index in [-0.39, 0.29) is 28.2 Å². The van der Waals surface area contributed by atoms with Gasteiger partial charge < -0.3 is 16.0 Å². The van der Waals surface area contributed by atoms with Gasteiger partial charge in [-0.1, -0.05) is 6.58 Å². The highest BCUT2D eigenvalue weighted by molar-refractivity contribution is 6.36. The van der Waals surface area contributed by atoms with Gasteiger partial charge in [-0.2, -0.15) is 4.99 Å². The van der Waals surface area contributed by atoms with Crippen LogP contribution in [0, 0.1) is 0 Å². The number of aromatic nitrogens is 1. The van der Waals surface area contributed by atoms with Crippen LogP contribution < -0.4 is 26.7 Å². The molecule has 1 fully saturated rings. The Bertz CT molecular complexity index is 954. The summed E-state index contributed by atoms with van der Waals surface area (Å²) in [6.07, 6.45) is 3.94. The summed E-state index contributed by atoms with van der Waals surface area (Å²) in [5, 5.41) is 2.81. The second-order valence-corrected chi connectivity index (χ2v) is 5.89. The van der Waals surface area contributed by atoms with Gasteiger partial charge in [0.2, 0.25) is 5.91 Å². The van der Waals surface area contributed by atoms with Crippen LogP contribution in [0.2, 0.25) is 0 Å². The highest BCUT2D eigenvalue weighted by atomic mass is 16.2. The van der Waals surface area contributed by atoms with Crippen LogP contribution in [0.25, 0.3) is 0 Å². The number of anilines is 1. The molecule has 0 spiro atoms. The van der Waals surface area contributed by atoms with Crippen LogP contribution in [0.3, 0.4) is 0 Å². The number of rotatable bonds is 4. The molecule has 0 unspecified atom stereocenters. The molecule has 3 heterocycles. The van der Waals surface area contributed by atoms with E-state index >= 15 is 0 Å². The largest absolute Gasteiger partial charge is 0.365 e. The molecule has 0 saturated carbocycles. The number of hydrogen-bond donors (Lipinski definition) is 2. The molecule has 0 aromatic carbocycles. The van der Waals surface area contributed by atoms with E-state index in [9.17, 15) is 19.2 Å². The van der Waals surface area contributed by atoms with Crippen molar-refractivity contribution in [1.82, 2.24) is 10.3 Å². The Morgan fingerprint density at radius 1 is 1.27 bits per heavy atom. The molecule has 0 aliphatic carbocycles. The van der Waals surface area contributed by atoms with Crippen LogP contribution in [0.1, 0.15) is 23.2 Å². The van der Waals surface area contributed by atoms with Crippen LogP contribution in [-0.2, 0) is 14.4 Å². The van der Waals surface area contributed by atoms with Crippen molar-refractivity contribution >= 4 is 29.4 Å². The molecule has 1 saturated heterocycles. The Morgan fingerprint density at radius 2 is 1.96 bits per heavy atom. The zero-order chi connectivity index (χ0) is 18.8. The van der Waals surface area contributed by atoms with E-state index in [0.29, 0.717) is 18.9 Å². The van der Waals surface area contributed by atoms with E-state index in [1.807, 2.05) is 4.90 Å². The lowest BCUT2D eigenvalue weighted by atomic mass is 10.1. The molecule has 0 radical (unpaired) electrons. The second-order valence-electron chi connectivity index (χ2n) is 5.89. The fourth-order valence-corrected chi connectivity index (χ4v) is 2.96. The highest BCUT2D eigenvalue weighted by Crippen LogP contribution is 2.15. The third-order valence-electron chi connectivity index (χ3n) is 4.13. The predicted octanol–water partition coefficient (Wildman–Crippen LogP) is -2.24. The van der Waals surface area contributed by atoms with Crippen molar-refractivity contribution in [3.8, 4) is 0 Å². The topological polar surface area (TPSA) is 147 Å². The van der Waals surface area contributed by atoms with Gasteiger partial charge in [0.25, 0.3) is 5.91 Å². The summed E-state index contributed by atoms with van der Waals surface area (Å²) < 4.78 is 0. The standard InChI is InChI=1S/C16H16N6O4/c1-2-10(23)19-8-4-3-5-22(7-8)14-12-11(9(6-18-14)13(17)24)20-15(25)16(26)21-12/h2,6,8H,1,3-5,7H2,(H2,17,24)(H,19,23)/t8-/m1/s1. The number of piperidine rings is 1. The van der Waals surface area contributed by atoms with E-state index in [1.54, 1.807) is 0 Å². The molecule has 134 valence electrons. The molecule has 10 heteroatoms. The average Bonchev–Trinajstić information content (AvgIpc) is 2.61. The summed E-state index contributed by atoms with van der Waals surface area (Å²) in [5.74, 6) is -2.89. The molecule has 2 aliphatic rings. The van der Waals surface area contributed by atoms with Crippen molar-refractivity contribution in [1.29, 1.82) is 0 Å². The number of carbonyl (C=O) groups excluding carboxylic acids is 4. The normalized spacial score (nSPS) is 19.1. The Morgan fingerprint density at radius 3 is 2.62 bits per heavy atom. The first-order valence-electron chi connectivity index (χ1n) is 7.93. The summed E-state index contributed by atoms with van der Waals surface area (Å²) in [6, 6.07) is -0.139. The predicted molar refractivity (Wildman–Crippen MR) is 88.7 cm³/mol. The Balaban J connectivity index is 2.04. The Kier molecular flexibility index (Phi) is 4.57. The van der Waals surface area contributed by atoms with Gasteiger partial charge in [0.1, 0.15) is 10.7 Å². The fourth-order valence-electron chi connectivity index (χ4n) is 2.96. The molecule has 26 heavy (non-hydrogen) atoms. The SMILES string of the molecule is C=CC(=O)N[C@@H]1CCCN(c2ncc(C(N)=O)c3c2=NC(=O)C(=O)N=3)C1. The maximum atomic E-state index is 11.7. The zero-order valence-corrected chi connectivity index (χ0v) is 13.8. The van der Waals surface area contributed by atoms with Gasteiger partial charge in [-0.25, -0.2) is 9.98 Å². The third-order valence-corrected chi connectivity index (χ3v) is 4.13. The van der Waals surface area contributed by atoms with E-state index < -0.39 is 17.7 Å². The van der Waals surface area contributed by atoms with Gasteiger partial charge in [0.15, 0.2) is 5.82 Å². The minimum atomic E-state index is -1.06. The molecular weight excluding hydrogens is 340 g/mol. The lowest BCUT2D eigenvalue weighted by molar-refractivity contribution is -0.135. The van der Waals surface area contributed by atoms with Crippen LogP contribution in [-0.4, -0.2) is 47.7 Å².